The maximum Gasteiger partial charge on any atom is 0.317 e. The Morgan fingerprint density at radius 2 is 2.00 bits per heavy atom. The average Bonchev–Trinajstić information content (AvgIpc) is 2.55. The Kier molecular flexibility index (Phi) is 6.46. The Hall–Kier alpha value is -1.55. The first-order valence-electron chi connectivity index (χ1n) is 8.74. The molecule has 1 aromatic carbocycles. The zero-order valence-electron chi connectivity index (χ0n) is 14.6. The second-order valence-electron chi connectivity index (χ2n) is 7.15. The summed E-state index contributed by atoms with van der Waals surface area (Å²) in [4.78, 5) is 14.2. The van der Waals surface area contributed by atoms with Gasteiger partial charge in [0.25, 0.3) is 0 Å². The SMILES string of the molecule is CC(C)Cc1ccc(C(C)NC(=O)N2CCCC(CO)C2)cc1. The Morgan fingerprint density at radius 1 is 1.30 bits per heavy atom. The molecule has 2 unspecified atom stereocenters. The maximum atomic E-state index is 12.4. The summed E-state index contributed by atoms with van der Waals surface area (Å²) in [6.45, 7) is 8.05. The van der Waals surface area contributed by atoms with Crippen LogP contribution in [0.1, 0.15) is 50.8 Å². The van der Waals surface area contributed by atoms with Gasteiger partial charge in [0, 0.05) is 19.7 Å². The molecule has 1 saturated heterocycles. The van der Waals surface area contributed by atoms with E-state index in [9.17, 15) is 9.90 Å². The minimum absolute atomic E-state index is 0.00916. The number of nitrogens with zero attached hydrogens (tertiary/aromatic N) is 1. The summed E-state index contributed by atoms with van der Waals surface area (Å²) in [6, 6.07) is 8.48. The summed E-state index contributed by atoms with van der Waals surface area (Å²) < 4.78 is 0. The van der Waals surface area contributed by atoms with Crippen molar-refractivity contribution < 1.29 is 9.90 Å². The fourth-order valence-electron chi connectivity index (χ4n) is 3.17. The van der Waals surface area contributed by atoms with Gasteiger partial charge in [0.15, 0.2) is 0 Å². The average molecular weight is 318 g/mol. The van der Waals surface area contributed by atoms with Crippen molar-refractivity contribution in [2.24, 2.45) is 11.8 Å². The van der Waals surface area contributed by atoms with Crippen LogP contribution in [0.5, 0.6) is 0 Å². The summed E-state index contributed by atoms with van der Waals surface area (Å²) in [6.07, 6.45) is 3.06. The van der Waals surface area contributed by atoms with Gasteiger partial charge in [-0.2, -0.15) is 0 Å². The summed E-state index contributed by atoms with van der Waals surface area (Å²) in [5.41, 5.74) is 2.46. The molecule has 0 aliphatic carbocycles. The zero-order chi connectivity index (χ0) is 16.8. The fraction of sp³-hybridized carbons (Fsp3) is 0.632. The van der Waals surface area contributed by atoms with Crippen molar-refractivity contribution in [3.8, 4) is 0 Å². The van der Waals surface area contributed by atoms with Gasteiger partial charge in [0.1, 0.15) is 0 Å². The molecule has 0 saturated carbocycles. The van der Waals surface area contributed by atoms with Crippen LogP contribution in [0.3, 0.4) is 0 Å². The van der Waals surface area contributed by atoms with Gasteiger partial charge in [-0.15, -0.1) is 0 Å². The molecule has 4 nitrogen and oxygen atoms in total. The van der Waals surface area contributed by atoms with E-state index in [1.807, 2.05) is 11.8 Å². The lowest BCUT2D eigenvalue weighted by molar-refractivity contribution is 0.128. The number of carbonyl (C=O) groups excluding carboxylic acids is 1. The molecule has 1 aliphatic rings. The zero-order valence-corrected chi connectivity index (χ0v) is 14.6. The Labute approximate surface area is 139 Å². The van der Waals surface area contributed by atoms with Crippen LogP contribution in [0.4, 0.5) is 4.79 Å². The molecule has 1 fully saturated rings. The van der Waals surface area contributed by atoms with E-state index in [1.165, 1.54) is 5.56 Å². The van der Waals surface area contributed by atoms with Crippen LogP contribution in [0.15, 0.2) is 24.3 Å². The Bertz CT molecular complexity index is 499. The maximum absolute atomic E-state index is 12.4. The summed E-state index contributed by atoms with van der Waals surface area (Å²) in [7, 11) is 0. The highest BCUT2D eigenvalue weighted by Crippen LogP contribution is 2.18. The molecule has 1 aliphatic heterocycles. The van der Waals surface area contributed by atoms with Crippen molar-refractivity contribution in [2.45, 2.75) is 46.1 Å². The molecule has 128 valence electrons. The van der Waals surface area contributed by atoms with E-state index < -0.39 is 0 Å². The largest absolute Gasteiger partial charge is 0.396 e. The van der Waals surface area contributed by atoms with E-state index in [1.54, 1.807) is 0 Å². The normalized spacial score (nSPS) is 19.7. The number of nitrogens with one attached hydrogen (secondary N) is 1. The van der Waals surface area contributed by atoms with Crippen molar-refractivity contribution >= 4 is 6.03 Å². The van der Waals surface area contributed by atoms with Crippen LogP contribution < -0.4 is 5.32 Å². The first kappa shape index (κ1) is 17.8. The van der Waals surface area contributed by atoms with Crippen molar-refractivity contribution in [2.75, 3.05) is 19.7 Å². The number of benzene rings is 1. The van der Waals surface area contributed by atoms with Crippen LogP contribution in [0.2, 0.25) is 0 Å². The molecule has 0 aromatic heterocycles. The second-order valence-corrected chi connectivity index (χ2v) is 7.15. The number of aliphatic hydroxyl groups is 1. The second kappa shape index (κ2) is 8.34. The van der Waals surface area contributed by atoms with Gasteiger partial charge in [0.2, 0.25) is 0 Å². The summed E-state index contributed by atoms with van der Waals surface area (Å²) in [5, 5.41) is 12.4. The van der Waals surface area contributed by atoms with E-state index in [0.717, 1.165) is 31.4 Å². The highest BCUT2D eigenvalue weighted by atomic mass is 16.3. The van der Waals surface area contributed by atoms with Crippen LogP contribution >= 0.6 is 0 Å². The van der Waals surface area contributed by atoms with Gasteiger partial charge in [-0.3, -0.25) is 0 Å². The lowest BCUT2D eigenvalue weighted by atomic mass is 9.99. The van der Waals surface area contributed by atoms with E-state index in [-0.39, 0.29) is 24.6 Å². The molecule has 0 spiro atoms. The Balaban J connectivity index is 1.90. The summed E-state index contributed by atoms with van der Waals surface area (Å²) in [5.74, 6) is 0.872. The van der Waals surface area contributed by atoms with Gasteiger partial charge in [-0.05, 0) is 49.1 Å². The molecule has 1 heterocycles. The molecular weight excluding hydrogens is 288 g/mol. The van der Waals surface area contributed by atoms with E-state index in [4.69, 9.17) is 0 Å². The Morgan fingerprint density at radius 3 is 2.61 bits per heavy atom. The number of hydrogen-bond acceptors (Lipinski definition) is 2. The van der Waals surface area contributed by atoms with Gasteiger partial charge in [-0.25, -0.2) is 4.79 Å². The lowest BCUT2D eigenvalue weighted by Gasteiger charge is -2.32. The number of rotatable bonds is 5. The first-order chi connectivity index (χ1) is 11.0. The molecule has 2 rings (SSSR count). The number of amides is 2. The smallest absolute Gasteiger partial charge is 0.317 e. The van der Waals surface area contributed by atoms with Gasteiger partial charge < -0.3 is 15.3 Å². The number of piperidine rings is 1. The van der Waals surface area contributed by atoms with Crippen molar-refractivity contribution in [3.63, 3.8) is 0 Å². The van der Waals surface area contributed by atoms with Crippen LogP contribution in [0.25, 0.3) is 0 Å². The number of likely N-dealkylation sites (tertiary alicyclic amines) is 1. The monoisotopic (exact) mass is 318 g/mol. The molecular formula is C19H30N2O2. The molecule has 2 N–H and O–H groups in total. The number of aliphatic hydroxyl groups excluding tert-OH is 1. The molecule has 1 aromatic rings. The fourth-order valence-corrected chi connectivity index (χ4v) is 3.17. The molecule has 0 radical (unpaired) electrons. The third kappa shape index (κ3) is 5.24. The van der Waals surface area contributed by atoms with Crippen molar-refractivity contribution in [1.82, 2.24) is 10.2 Å². The van der Waals surface area contributed by atoms with Crippen LogP contribution in [-0.4, -0.2) is 35.7 Å². The predicted octanol–water partition coefficient (Wildman–Crippen LogP) is 3.36. The van der Waals surface area contributed by atoms with Gasteiger partial charge >= 0.3 is 6.03 Å². The van der Waals surface area contributed by atoms with E-state index in [0.29, 0.717) is 12.5 Å². The molecule has 2 atom stereocenters. The summed E-state index contributed by atoms with van der Waals surface area (Å²) >= 11 is 0. The van der Waals surface area contributed by atoms with E-state index >= 15 is 0 Å². The minimum atomic E-state index is -0.0260. The predicted molar refractivity (Wildman–Crippen MR) is 93.3 cm³/mol. The first-order valence-corrected chi connectivity index (χ1v) is 8.74. The topological polar surface area (TPSA) is 52.6 Å². The van der Waals surface area contributed by atoms with Crippen molar-refractivity contribution in [1.29, 1.82) is 0 Å². The highest BCUT2D eigenvalue weighted by Gasteiger charge is 2.24. The lowest BCUT2D eigenvalue weighted by Crippen LogP contribution is -2.46. The number of urea groups is 1. The van der Waals surface area contributed by atoms with Gasteiger partial charge in [-0.1, -0.05) is 38.1 Å². The third-order valence-electron chi connectivity index (χ3n) is 4.53. The number of hydrogen-bond donors (Lipinski definition) is 2. The number of carbonyl (C=O) groups is 1. The van der Waals surface area contributed by atoms with Crippen LogP contribution in [0, 0.1) is 11.8 Å². The van der Waals surface area contributed by atoms with E-state index in [2.05, 4.69) is 43.4 Å². The highest BCUT2D eigenvalue weighted by molar-refractivity contribution is 5.74. The molecule has 0 bridgehead atoms. The van der Waals surface area contributed by atoms with Crippen molar-refractivity contribution in [3.05, 3.63) is 35.4 Å². The molecule has 23 heavy (non-hydrogen) atoms. The molecule has 4 heteroatoms. The quantitative estimate of drug-likeness (QED) is 0.874. The van der Waals surface area contributed by atoms with Gasteiger partial charge in [0.05, 0.1) is 6.04 Å². The standard InChI is InChI=1S/C19H30N2O2/c1-14(2)11-16-6-8-18(9-7-16)15(3)20-19(23)21-10-4-5-17(12-21)13-22/h6-9,14-15,17,22H,4-5,10-13H2,1-3H3,(H,20,23). The van der Waals surface area contributed by atoms with Crippen LogP contribution in [-0.2, 0) is 6.42 Å². The molecule has 2 amide bonds. The third-order valence-corrected chi connectivity index (χ3v) is 4.53. The minimum Gasteiger partial charge on any atom is -0.396 e.